The largest absolute Gasteiger partial charge is 0.377 e. The minimum absolute atomic E-state index is 0.0212. The van der Waals surface area contributed by atoms with Crippen LogP contribution in [0.3, 0.4) is 0 Å². The van der Waals surface area contributed by atoms with Crippen LogP contribution in [0.5, 0.6) is 0 Å². The van der Waals surface area contributed by atoms with Crippen molar-refractivity contribution in [2.24, 2.45) is 5.84 Å². The van der Waals surface area contributed by atoms with Crippen LogP contribution in [0.15, 0.2) is 55.0 Å². The SMILES string of the molecule is CN(N)C(=O)C(O)c1nccc(-c2cnc3[nH]cc(-c4ccccc4N(C)C)c3c2)n1. The third kappa shape index (κ3) is 3.83. The standard InChI is InChI=1S/C22H23N7O2/c1-28(2)18-7-5-4-6-14(18)16-12-26-20-15(16)10-13(11-25-20)17-8-9-24-21(27-17)19(30)22(31)29(3)23/h4-12,19,30H,23H2,1-3H3,(H,25,26). The summed E-state index contributed by atoms with van der Waals surface area (Å²) in [7, 11) is 5.36. The Morgan fingerprint density at radius 3 is 2.65 bits per heavy atom. The average molecular weight is 417 g/mol. The van der Waals surface area contributed by atoms with E-state index in [-0.39, 0.29) is 5.82 Å². The number of hydrogen-bond donors (Lipinski definition) is 3. The number of nitrogens with two attached hydrogens (primary N) is 1. The van der Waals surface area contributed by atoms with Crippen LogP contribution < -0.4 is 10.7 Å². The minimum atomic E-state index is -1.54. The number of benzene rings is 1. The molecule has 1 unspecified atom stereocenters. The van der Waals surface area contributed by atoms with Crippen LogP contribution in [0.1, 0.15) is 11.9 Å². The van der Waals surface area contributed by atoms with Crippen molar-refractivity contribution in [2.75, 3.05) is 26.0 Å². The highest BCUT2D eigenvalue weighted by molar-refractivity contribution is 5.98. The second kappa shape index (κ2) is 8.13. The number of rotatable bonds is 5. The zero-order chi connectivity index (χ0) is 22.1. The zero-order valence-electron chi connectivity index (χ0n) is 17.4. The van der Waals surface area contributed by atoms with Gasteiger partial charge < -0.3 is 15.0 Å². The fraction of sp³-hybridized carbons (Fsp3) is 0.182. The van der Waals surface area contributed by atoms with Gasteiger partial charge >= 0.3 is 0 Å². The van der Waals surface area contributed by atoms with Crippen LogP contribution in [-0.4, -0.2) is 57.1 Å². The number of aliphatic hydroxyl groups excluding tert-OH is 1. The third-order valence-corrected chi connectivity index (χ3v) is 5.00. The van der Waals surface area contributed by atoms with Gasteiger partial charge in [0.1, 0.15) is 5.65 Å². The first kappa shape index (κ1) is 20.5. The van der Waals surface area contributed by atoms with E-state index in [2.05, 4.69) is 37.0 Å². The van der Waals surface area contributed by atoms with E-state index in [1.54, 1.807) is 12.3 Å². The molecule has 0 saturated heterocycles. The number of carbonyl (C=O) groups excluding carboxylic acids is 1. The maximum atomic E-state index is 12.0. The van der Waals surface area contributed by atoms with E-state index >= 15 is 0 Å². The molecule has 4 rings (SSSR count). The van der Waals surface area contributed by atoms with E-state index in [4.69, 9.17) is 5.84 Å². The molecule has 9 heteroatoms. The molecule has 158 valence electrons. The van der Waals surface area contributed by atoms with Crippen molar-refractivity contribution in [1.29, 1.82) is 0 Å². The smallest absolute Gasteiger partial charge is 0.272 e. The Morgan fingerprint density at radius 2 is 1.90 bits per heavy atom. The van der Waals surface area contributed by atoms with Gasteiger partial charge in [-0.3, -0.25) is 9.80 Å². The lowest BCUT2D eigenvalue weighted by atomic mass is 10.0. The van der Waals surface area contributed by atoms with Gasteiger partial charge in [-0.25, -0.2) is 20.8 Å². The second-order valence-corrected chi connectivity index (χ2v) is 7.39. The molecule has 3 heterocycles. The summed E-state index contributed by atoms with van der Waals surface area (Å²) < 4.78 is 0. The van der Waals surface area contributed by atoms with Crippen LogP contribution in [-0.2, 0) is 4.79 Å². The number of hydrazine groups is 1. The Labute approximate surface area is 179 Å². The summed E-state index contributed by atoms with van der Waals surface area (Å²) in [5.41, 5.74) is 5.21. The van der Waals surface area contributed by atoms with Crippen molar-refractivity contribution in [1.82, 2.24) is 24.9 Å². The Balaban J connectivity index is 1.79. The Kier molecular flexibility index (Phi) is 5.37. The summed E-state index contributed by atoms with van der Waals surface area (Å²) in [4.78, 5) is 30.2. The van der Waals surface area contributed by atoms with Crippen molar-refractivity contribution < 1.29 is 9.90 Å². The molecule has 31 heavy (non-hydrogen) atoms. The first-order chi connectivity index (χ1) is 14.9. The van der Waals surface area contributed by atoms with Gasteiger partial charge in [-0.15, -0.1) is 0 Å². The van der Waals surface area contributed by atoms with Crippen molar-refractivity contribution in [3.05, 3.63) is 60.8 Å². The molecule has 0 saturated carbocycles. The Hall–Kier alpha value is -3.82. The molecule has 9 nitrogen and oxygen atoms in total. The first-order valence-corrected chi connectivity index (χ1v) is 9.64. The minimum Gasteiger partial charge on any atom is -0.377 e. The van der Waals surface area contributed by atoms with Gasteiger partial charge in [0, 0.05) is 67.5 Å². The maximum Gasteiger partial charge on any atom is 0.272 e. The molecule has 4 N–H and O–H groups in total. The highest BCUT2D eigenvalue weighted by Gasteiger charge is 2.23. The number of carbonyl (C=O) groups is 1. The molecule has 0 aliphatic heterocycles. The predicted octanol–water partition coefficient (Wildman–Crippen LogP) is 2.12. The number of H-pyrrole nitrogens is 1. The molecule has 0 bridgehead atoms. The molecule has 0 aliphatic carbocycles. The van der Waals surface area contributed by atoms with Crippen LogP contribution in [0.2, 0.25) is 0 Å². The number of anilines is 1. The van der Waals surface area contributed by atoms with E-state index in [1.807, 2.05) is 38.5 Å². The lowest BCUT2D eigenvalue weighted by Gasteiger charge is -2.17. The Bertz CT molecular complexity index is 1250. The number of aliphatic hydroxyl groups is 1. The number of para-hydroxylation sites is 1. The van der Waals surface area contributed by atoms with Crippen LogP contribution >= 0.6 is 0 Å². The predicted molar refractivity (Wildman–Crippen MR) is 119 cm³/mol. The van der Waals surface area contributed by atoms with Crippen molar-refractivity contribution >= 4 is 22.6 Å². The molecule has 3 aromatic heterocycles. The van der Waals surface area contributed by atoms with Crippen molar-refractivity contribution in [3.63, 3.8) is 0 Å². The molecule has 1 amide bonds. The summed E-state index contributed by atoms with van der Waals surface area (Å²) in [5, 5.41) is 12.0. The van der Waals surface area contributed by atoms with Gasteiger partial charge in [0.15, 0.2) is 11.9 Å². The maximum absolute atomic E-state index is 12.0. The topological polar surface area (TPSA) is 124 Å². The lowest BCUT2D eigenvalue weighted by Crippen LogP contribution is -2.37. The molecule has 4 aromatic rings. The van der Waals surface area contributed by atoms with Gasteiger partial charge in [-0.2, -0.15) is 0 Å². The number of aromatic nitrogens is 4. The summed E-state index contributed by atoms with van der Waals surface area (Å²) >= 11 is 0. The highest BCUT2D eigenvalue weighted by atomic mass is 16.3. The third-order valence-electron chi connectivity index (χ3n) is 5.00. The molecular formula is C22H23N7O2. The number of nitrogens with zero attached hydrogens (tertiary/aromatic N) is 5. The van der Waals surface area contributed by atoms with Crippen molar-refractivity contribution in [2.45, 2.75) is 6.10 Å². The molecule has 0 fully saturated rings. The number of amides is 1. The highest BCUT2D eigenvalue weighted by Crippen LogP contribution is 2.35. The summed E-state index contributed by atoms with van der Waals surface area (Å²) in [5.74, 6) is 4.71. The second-order valence-electron chi connectivity index (χ2n) is 7.39. The fourth-order valence-electron chi connectivity index (χ4n) is 3.43. The van der Waals surface area contributed by atoms with Gasteiger partial charge in [0.2, 0.25) is 0 Å². The molecule has 0 aliphatic rings. The number of hydrogen-bond acceptors (Lipinski definition) is 7. The first-order valence-electron chi connectivity index (χ1n) is 9.64. The van der Waals surface area contributed by atoms with Crippen molar-refractivity contribution in [3.8, 4) is 22.4 Å². The van der Waals surface area contributed by atoms with Gasteiger partial charge in [0.05, 0.1) is 5.69 Å². The van der Waals surface area contributed by atoms with E-state index in [0.29, 0.717) is 5.69 Å². The van der Waals surface area contributed by atoms with E-state index in [1.165, 1.54) is 13.2 Å². The monoisotopic (exact) mass is 417 g/mol. The summed E-state index contributed by atoms with van der Waals surface area (Å²) in [6.07, 6.45) is 3.58. The molecule has 1 atom stereocenters. The van der Waals surface area contributed by atoms with Gasteiger partial charge in [0.25, 0.3) is 5.91 Å². The number of fused-ring (bicyclic) bond motifs is 1. The molecule has 0 radical (unpaired) electrons. The van der Waals surface area contributed by atoms with Crippen LogP contribution in [0, 0.1) is 0 Å². The lowest BCUT2D eigenvalue weighted by molar-refractivity contribution is -0.139. The Morgan fingerprint density at radius 1 is 1.13 bits per heavy atom. The van der Waals surface area contributed by atoms with Crippen LogP contribution in [0.4, 0.5) is 5.69 Å². The molecular weight excluding hydrogens is 394 g/mol. The van der Waals surface area contributed by atoms with Gasteiger partial charge in [-0.05, 0) is 18.2 Å². The normalized spacial score (nSPS) is 12.0. The van der Waals surface area contributed by atoms with E-state index in [0.717, 1.165) is 38.4 Å². The number of aromatic amines is 1. The van der Waals surface area contributed by atoms with E-state index < -0.39 is 12.0 Å². The fourth-order valence-corrected chi connectivity index (χ4v) is 3.43. The number of likely N-dealkylation sites (N-methyl/N-ethyl adjacent to an activating group) is 1. The summed E-state index contributed by atoms with van der Waals surface area (Å²) in [6, 6.07) is 11.8. The molecule has 0 spiro atoms. The number of pyridine rings is 1. The van der Waals surface area contributed by atoms with Gasteiger partial charge in [-0.1, -0.05) is 18.2 Å². The zero-order valence-corrected chi connectivity index (χ0v) is 17.4. The molecule has 1 aromatic carbocycles. The average Bonchev–Trinajstić information content (AvgIpc) is 3.21. The quantitative estimate of drug-likeness (QED) is 0.258. The summed E-state index contributed by atoms with van der Waals surface area (Å²) in [6.45, 7) is 0. The van der Waals surface area contributed by atoms with E-state index in [9.17, 15) is 9.90 Å². The number of nitrogens with one attached hydrogen (secondary N) is 1. The van der Waals surface area contributed by atoms with Crippen LogP contribution in [0.25, 0.3) is 33.4 Å².